The summed E-state index contributed by atoms with van der Waals surface area (Å²) in [6, 6.07) is 8.84. The van der Waals surface area contributed by atoms with E-state index in [0.29, 0.717) is 10.7 Å². The van der Waals surface area contributed by atoms with Crippen LogP contribution in [-0.4, -0.2) is 23.9 Å². The number of nitriles is 1. The number of anilines is 1. The smallest absolute Gasteiger partial charge is 0.267 e. The Morgan fingerprint density at radius 2 is 2.14 bits per heavy atom. The number of nitrogens with one attached hydrogen (secondary N) is 1. The van der Waals surface area contributed by atoms with Crippen LogP contribution in [0.3, 0.4) is 0 Å². The summed E-state index contributed by atoms with van der Waals surface area (Å²) in [6.45, 7) is 5.87. The average molecular weight is 320 g/mol. The Morgan fingerprint density at radius 1 is 1.36 bits per heavy atom. The van der Waals surface area contributed by atoms with E-state index in [1.165, 1.54) is 0 Å². The van der Waals surface area contributed by atoms with Crippen molar-refractivity contribution in [2.75, 3.05) is 18.4 Å². The molecular formula is C17H22ClN3O. The Hall–Kier alpha value is -1.99. The molecular weight excluding hydrogens is 298 g/mol. The largest absolute Gasteiger partial charge is 0.376 e. The molecule has 0 bridgehead atoms. The third kappa shape index (κ3) is 6.19. The number of unbranched alkanes of at least 4 members (excludes halogenated alkanes) is 1. The second kappa shape index (κ2) is 9.86. The summed E-state index contributed by atoms with van der Waals surface area (Å²) in [6.07, 6.45) is 4.73. The van der Waals surface area contributed by atoms with Crippen LogP contribution in [0, 0.1) is 11.3 Å². The van der Waals surface area contributed by atoms with Crippen LogP contribution in [0.15, 0.2) is 36.0 Å². The van der Waals surface area contributed by atoms with Gasteiger partial charge in [-0.25, -0.2) is 0 Å². The molecule has 0 aliphatic heterocycles. The predicted octanol–water partition coefficient (Wildman–Crippen LogP) is 4.20. The normalized spacial score (nSPS) is 10.9. The number of carbonyl (C=O) groups is 1. The van der Waals surface area contributed by atoms with E-state index in [1.54, 1.807) is 30.5 Å². The summed E-state index contributed by atoms with van der Waals surface area (Å²) < 4.78 is 0. The number of rotatable bonds is 8. The van der Waals surface area contributed by atoms with Gasteiger partial charge in [-0.15, -0.1) is 0 Å². The molecule has 1 N–H and O–H groups in total. The van der Waals surface area contributed by atoms with E-state index in [0.717, 1.165) is 32.4 Å². The lowest BCUT2D eigenvalue weighted by atomic mass is 10.2. The molecule has 0 radical (unpaired) electrons. The second-order valence-corrected chi connectivity index (χ2v) is 5.45. The summed E-state index contributed by atoms with van der Waals surface area (Å²) in [5.41, 5.74) is 0.679. The highest BCUT2D eigenvalue weighted by Gasteiger charge is 2.11. The molecule has 0 spiro atoms. The predicted molar refractivity (Wildman–Crippen MR) is 90.5 cm³/mol. The number of hydrogen-bond acceptors (Lipinski definition) is 3. The maximum atomic E-state index is 12.2. The van der Waals surface area contributed by atoms with Gasteiger partial charge in [0.25, 0.3) is 5.91 Å². The van der Waals surface area contributed by atoms with E-state index in [-0.39, 0.29) is 5.57 Å². The highest BCUT2D eigenvalue weighted by molar-refractivity contribution is 6.31. The zero-order valence-corrected chi connectivity index (χ0v) is 13.9. The summed E-state index contributed by atoms with van der Waals surface area (Å²) >= 11 is 5.89. The van der Waals surface area contributed by atoms with Gasteiger partial charge in [0, 0.05) is 30.0 Å². The lowest BCUT2D eigenvalue weighted by Gasteiger charge is -2.19. The molecule has 1 rings (SSSR count). The number of hydrogen-bond donors (Lipinski definition) is 1. The molecule has 22 heavy (non-hydrogen) atoms. The zero-order valence-electron chi connectivity index (χ0n) is 13.1. The Morgan fingerprint density at radius 3 is 2.73 bits per heavy atom. The molecule has 0 unspecified atom stereocenters. The van der Waals surface area contributed by atoms with E-state index in [1.807, 2.05) is 11.0 Å². The third-order valence-corrected chi connectivity index (χ3v) is 3.30. The van der Waals surface area contributed by atoms with E-state index in [4.69, 9.17) is 11.6 Å². The molecule has 118 valence electrons. The van der Waals surface area contributed by atoms with E-state index >= 15 is 0 Å². The maximum Gasteiger partial charge on any atom is 0.267 e. The van der Waals surface area contributed by atoms with Gasteiger partial charge in [0.2, 0.25) is 0 Å². The van der Waals surface area contributed by atoms with Crippen LogP contribution in [0.25, 0.3) is 0 Å². The number of nitrogens with zero attached hydrogens (tertiary/aromatic N) is 2. The fourth-order valence-corrected chi connectivity index (χ4v) is 2.17. The lowest BCUT2D eigenvalue weighted by molar-refractivity contribution is -0.112. The first-order valence-corrected chi connectivity index (χ1v) is 7.91. The lowest BCUT2D eigenvalue weighted by Crippen LogP contribution is -2.23. The van der Waals surface area contributed by atoms with Gasteiger partial charge < -0.3 is 10.2 Å². The van der Waals surface area contributed by atoms with E-state index < -0.39 is 5.91 Å². The molecule has 0 aliphatic rings. The van der Waals surface area contributed by atoms with Gasteiger partial charge in [-0.3, -0.25) is 4.79 Å². The van der Waals surface area contributed by atoms with Gasteiger partial charge in [0.1, 0.15) is 11.6 Å². The topological polar surface area (TPSA) is 56.1 Å². The minimum Gasteiger partial charge on any atom is -0.376 e. The minimum atomic E-state index is -0.414. The van der Waals surface area contributed by atoms with Crippen LogP contribution in [0.2, 0.25) is 5.02 Å². The van der Waals surface area contributed by atoms with Crippen molar-refractivity contribution < 1.29 is 4.79 Å². The molecule has 0 aromatic heterocycles. The molecule has 0 saturated heterocycles. The Labute approximate surface area is 137 Å². The Kier molecular flexibility index (Phi) is 8.09. The van der Waals surface area contributed by atoms with Crippen LogP contribution < -0.4 is 5.32 Å². The van der Waals surface area contributed by atoms with Gasteiger partial charge in [0.05, 0.1) is 0 Å². The van der Waals surface area contributed by atoms with Gasteiger partial charge >= 0.3 is 0 Å². The maximum absolute atomic E-state index is 12.2. The van der Waals surface area contributed by atoms with Crippen molar-refractivity contribution in [1.29, 1.82) is 5.26 Å². The van der Waals surface area contributed by atoms with Crippen molar-refractivity contribution in [3.63, 3.8) is 0 Å². The average Bonchev–Trinajstić information content (AvgIpc) is 2.49. The van der Waals surface area contributed by atoms with Crippen LogP contribution in [0.5, 0.6) is 0 Å². The van der Waals surface area contributed by atoms with Crippen LogP contribution >= 0.6 is 11.6 Å². The molecule has 1 aromatic carbocycles. The van der Waals surface area contributed by atoms with Gasteiger partial charge in [-0.1, -0.05) is 37.9 Å². The third-order valence-electron chi connectivity index (χ3n) is 3.07. The summed E-state index contributed by atoms with van der Waals surface area (Å²) in [5, 5.41) is 12.5. The van der Waals surface area contributed by atoms with Crippen LogP contribution in [0.4, 0.5) is 5.69 Å². The van der Waals surface area contributed by atoms with Gasteiger partial charge in [0.15, 0.2) is 0 Å². The molecule has 5 heteroatoms. The fraction of sp³-hybridized carbons (Fsp3) is 0.412. The summed E-state index contributed by atoms with van der Waals surface area (Å²) in [4.78, 5) is 14.2. The second-order valence-electron chi connectivity index (χ2n) is 5.01. The number of amides is 1. The number of carbonyl (C=O) groups excluding carboxylic acids is 1. The summed E-state index contributed by atoms with van der Waals surface area (Å²) in [7, 11) is 0. The highest BCUT2D eigenvalue weighted by atomic mass is 35.5. The molecule has 0 aliphatic carbocycles. The first-order valence-electron chi connectivity index (χ1n) is 7.53. The van der Waals surface area contributed by atoms with Crippen molar-refractivity contribution >= 4 is 23.2 Å². The first-order chi connectivity index (χ1) is 10.6. The minimum absolute atomic E-state index is 0.101. The summed E-state index contributed by atoms with van der Waals surface area (Å²) in [5.74, 6) is -0.414. The van der Waals surface area contributed by atoms with Crippen LogP contribution in [0.1, 0.15) is 33.1 Å². The SMILES string of the molecule is CCCCN(/C=C(/C#N)C(=O)Nc1cccc(Cl)c1)CCC. The number of halogens is 1. The quantitative estimate of drug-likeness (QED) is 0.577. The molecule has 1 aromatic rings. The van der Waals surface area contributed by atoms with E-state index in [9.17, 15) is 10.1 Å². The van der Waals surface area contributed by atoms with E-state index in [2.05, 4.69) is 19.2 Å². The molecule has 0 saturated carbocycles. The Balaban J connectivity index is 2.81. The highest BCUT2D eigenvalue weighted by Crippen LogP contribution is 2.15. The first kappa shape index (κ1) is 18.1. The zero-order chi connectivity index (χ0) is 16.4. The number of benzene rings is 1. The van der Waals surface area contributed by atoms with Crippen molar-refractivity contribution in [1.82, 2.24) is 4.90 Å². The molecule has 0 atom stereocenters. The molecule has 0 heterocycles. The molecule has 0 fully saturated rings. The van der Waals surface area contributed by atoms with Crippen molar-refractivity contribution in [3.05, 3.63) is 41.1 Å². The molecule has 4 nitrogen and oxygen atoms in total. The van der Waals surface area contributed by atoms with Gasteiger partial charge in [-0.05, 0) is 31.0 Å². The van der Waals surface area contributed by atoms with Gasteiger partial charge in [-0.2, -0.15) is 5.26 Å². The van der Waals surface area contributed by atoms with Crippen molar-refractivity contribution in [3.8, 4) is 6.07 Å². The standard InChI is InChI=1S/C17H22ClN3O/c1-3-5-10-21(9-4-2)13-14(12-19)17(22)20-16-8-6-7-15(18)11-16/h6-8,11,13H,3-5,9-10H2,1-2H3,(H,20,22)/b14-13-. The van der Waals surface area contributed by atoms with Crippen molar-refractivity contribution in [2.45, 2.75) is 33.1 Å². The molecule has 1 amide bonds. The fourth-order valence-electron chi connectivity index (χ4n) is 1.97. The van der Waals surface area contributed by atoms with Crippen molar-refractivity contribution in [2.24, 2.45) is 0 Å². The van der Waals surface area contributed by atoms with Crippen LogP contribution in [-0.2, 0) is 4.79 Å². The monoisotopic (exact) mass is 319 g/mol. The Bertz CT molecular complexity index is 563.